The molecule has 0 fully saturated rings. The molecule has 0 aliphatic carbocycles. The topological polar surface area (TPSA) is 107 Å². The summed E-state index contributed by atoms with van der Waals surface area (Å²) in [5, 5.41) is 19.1. The van der Waals surface area contributed by atoms with E-state index in [-0.39, 0.29) is 11.1 Å². The van der Waals surface area contributed by atoms with Crippen LogP contribution in [0.25, 0.3) is 11.3 Å². The smallest absolute Gasteiger partial charge is 0.335 e. The van der Waals surface area contributed by atoms with Crippen molar-refractivity contribution >= 4 is 17.7 Å². The highest BCUT2D eigenvalue weighted by atomic mass is 32.2. The van der Waals surface area contributed by atoms with Gasteiger partial charge in [-0.3, -0.25) is 9.78 Å². The number of nitriles is 1. The van der Waals surface area contributed by atoms with Crippen molar-refractivity contribution in [1.82, 2.24) is 9.97 Å². The van der Waals surface area contributed by atoms with E-state index in [0.29, 0.717) is 27.6 Å². The molecule has 0 radical (unpaired) electrons. The number of aromatic amines is 1. The van der Waals surface area contributed by atoms with Gasteiger partial charge in [0.15, 0.2) is 0 Å². The van der Waals surface area contributed by atoms with Crippen LogP contribution < -0.4 is 5.56 Å². The van der Waals surface area contributed by atoms with Crippen molar-refractivity contribution in [3.8, 4) is 17.3 Å². The van der Waals surface area contributed by atoms with Crippen LogP contribution in [0.3, 0.4) is 0 Å². The summed E-state index contributed by atoms with van der Waals surface area (Å²) in [7, 11) is 0. The number of carbonyl (C=O) groups is 1. The van der Waals surface area contributed by atoms with E-state index in [1.807, 2.05) is 0 Å². The molecule has 0 saturated carbocycles. The van der Waals surface area contributed by atoms with Gasteiger partial charge in [0.25, 0.3) is 0 Å². The molecule has 0 spiro atoms. The molecule has 2 heterocycles. The Labute approximate surface area is 153 Å². The van der Waals surface area contributed by atoms with Crippen molar-refractivity contribution in [1.29, 1.82) is 5.26 Å². The SMILES string of the molecule is N#Cc1c(-c2ccccn2)cc(=O)[nH]c1SCc1cccc(C(=O)O)c1. The summed E-state index contributed by atoms with van der Waals surface area (Å²) in [5.41, 5.74) is 2.00. The number of benzene rings is 1. The molecular weight excluding hydrogens is 350 g/mol. The summed E-state index contributed by atoms with van der Waals surface area (Å²) < 4.78 is 0. The van der Waals surface area contributed by atoms with Crippen LogP contribution in [-0.4, -0.2) is 21.0 Å². The largest absolute Gasteiger partial charge is 0.478 e. The average molecular weight is 363 g/mol. The summed E-state index contributed by atoms with van der Waals surface area (Å²) >= 11 is 1.27. The van der Waals surface area contributed by atoms with Gasteiger partial charge in [-0.05, 0) is 29.8 Å². The second-order valence-corrected chi connectivity index (χ2v) is 6.36. The van der Waals surface area contributed by atoms with Gasteiger partial charge in [0.05, 0.1) is 21.8 Å². The van der Waals surface area contributed by atoms with E-state index < -0.39 is 5.97 Å². The molecule has 0 bridgehead atoms. The quantitative estimate of drug-likeness (QED) is 0.674. The lowest BCUT2D eigenvalue weighted by atomic mass is 10.1. The molecule has 3 rings (SSSR count). The summed E-state index contributed by atoms with van der Waals surface area (Å²) in [6.45, 7) is 0. The average Bonchev–Trinajstić information content (AvgIpc) is 2.66. The minimum atomic E-state index is -1.000. The van der Waals surface area contributed by atoms with Crippen molar-refractivity contribution in [2.75, 3.05) is 0 Å². The Morgan fingerprint density at radius 2 is 2.08 bits per heavy atom. The molecular formula is C19H13N3O3S. The number of pyridine rings is 2. The lowest BCUT2D eigenvalue weighted by Crippen LogP contribution is -2.09. The number of thioether (sulfide) groups is 1. The first kappa shape index (κ1) is 17.5. The molecule has 2 aromatic heterocycles. The highest BCUT2D eigenvalue weighted by Crippen LogP contribution is 2.29. The molecule has 0 aliphatic rings. The van der Waals surface area contributed by atoms with Gasteiger partial charge in [0.1, 0.15) is 6.07 Å². The first-order valence-corrected chi connectivity index (χ1v) is 8.61. The standard InChI is InChI=1S/C19H13N3O3S/c20-10-15-14(16-6-1-2-7-21-16)9-17(23)22-18(15)26-11-12-4-3-5-13(8-12)19(24)25/h1-9H,11H2,(H,22,23)(H,24,25). The summed E-state index contributed by atoms with van der Waals surface area (Å²) in [6, 6.07) is 15.3. The molecule has 26 heavy (non-hydrogen) atoms. The molecule has 128 valence electrons. The van der Waals surface area contributed by atoms with Gasteiger partial charge >= 0.3 is 5.97 Å². The number of carboxylic acids is 1. The Kier molecular flexibility index (Phi) is 5.15. The van der Waals surface area contributed by atoms with Crippen LogP contribution in [0.15, 0.2) is 64.5 Å². The van der Waals surface area contributed by atoms with Gasteiger partial charge in [-0.1, -0.05) is 18.2 Å². The Morgan fingerprint density at radius 3 is 2.77 bits per heavy atom. The minimum absolute atomic E-state index is 0.194. The molecule has 3 aromatic rings. The molecule has 1 aromatic carbocycles. The van der Waals surface area contributed by atoms with Crippen molar-refractivity contribution in [3.05, 3.63) is 81.8 Å². The Bertz CT molecular complexity index is 1060. The van der Waals surface area contributed by atoms with Crippen LogP contribution in [-0.2, 0) is 5.75 Å². The summed E-state index contributed by atoms with van der Waals surface area (Å²) in [6.07, 6.45) is 1.60. The van der Waals surface area contributed by atoms with Crippen molar-refractivity contribution in [3.63, 3.8) is 0 Å². The van der Waals surface area contributed by atoms with Gasteiger partial charge in [-0.2, -0.15) is 5.26 Å². The fourth-order valence-corrected chi connectivity index (χ4v) is 3.39. The number of nitrogens with zero attached hydrogens (tertiary/aromatic N) is 2. The normalized spacial score (nSPS) is 10.3. The van der Waals surface area contributed by atoms with E-state index in [1.54, 1.807) is 42.6 Å². The van der Waals surface area contributed by atoms with Crippen LogP contribution >= 0.6 is 11.8 Å². The number of aromatic carboxylic acids is 1. The number of H-pyrrole nitrogens is 1. The van der Waals surface area contributed by atoms with Crippen molar-refractivity contribution < 1.29 is 9.90 Å². The zero-order valence-corrected chi connectivity index (χ0v) is 14.3. The molecule has 0 atom stereocenters. The van der Waals surface area contributed by atoms with Crippen molar-refractivity contribution in [2.45, 2.75) is 10.8 Å². The van der Waals surface area contributed by atoms with Gasteiger partial charge in [-0.15, -0.1) is 11.8 Å². The Balaban J connectivity index is 1.95. The van der Waals surface area contributed by atoms with Crippen LogP contribution in [0, 0.1) is 11.3 Å². The van der Waals surface area contributed by atoms with Gasteiger partial charge < -0.3 is 10.1 Å². The van der Waals surface area contributed by atoms with Crippen LogP contribution in [0.4, 0.5) is 0 Å². The maximum Gasteiger partial charge on any atom is 0.335 e. The molecule has 0 unspecified atom stereocenters. The number of carboxylic acid groups (broad SMARTS) is 1. The van der Waals surface area contributed by atoms with E-state index in [4.69, 9.17) is 5.11 Å². The predicted molar refractivity (Wildman–Crippen MR) is 98.0 cm³/mol. The fourth-order valence-electron chi connectivity index (χ4n) is 2.43. The third-order valence-corrected chi connectivity index (χ3v) is 4.69. The maximum atomic E-state index is 12.0. The highest BCUT2D eigenvalue weighted by molar-refractivity contribution is 7.98. The minimum Gasteiger partial charge on any atom is -0.478 e. The van der Waals surface area contributed by atoms with E-state index in [1.165, 1.54) is 23.9 Å². The molecule has 2 N–H and O–H groups in total. The summed E-state index contributed by atoms with van der Waals surface area (Å²) in [5.74, 6) is -0.586. The monoisotopic (exact) mass is 363 g/mol. The Morgan fingerprint density at radius 1 is 1.23 bits per heavy atom. The Hall–Kier alpha value is -3.37. The zero-order valence-electron chi connectivity index (χ0n) is 13.5. The van der Waals surface area contributed by atoms with E-state index in [2.05, 4.69) is 16.0 Å². The lowest BCUT2D eigenvalue weighted by molar-refractivity contribution is 0.0697. The zero-order chi connectivity index (χ0) is 18.5. The predicted octanol–water partition coefficient (Wildman–Crippen LogP) is 3.30. The van der Waals surface area contributed by atoms with Crippen LogP contribution in [0.5, 0.6) is 0 Å². The summed E-state index contributed by atoms with van der Waals surface area (Å²) in [4.78, 5) is 30.0. The number of aromatic nitrogens is 2. The molecule has 0 aliphatic heterocycles. The number of hydrogen-bond acceptors (Lipinski definition) is 5. The molecule has 0 saturated heterocycles. The third kappa shape index (κ3) is 3.82. The molecule has 0 amide bonds. The number of hydrogen-bond donors (Lipinski definition) is 2. The van der Waals surface area contributed by atoms with E-state index in [0.717, 1.165) is 5.56 Å². The van der Waals surface area contributed by atoms with E-state index >= 15 is 0 Å². The van der Waals surface area contributed by atoms with E-state index in [9.17, 15) is 14.9 Å². The number of nitrogens with one attached hydrogen (secondary N) is 1. The molecule has 7 heteroatoms. The third-order valence-electron chi connectivity index (χ3n) is 3.62. The van der Waals surface area contributed by atoms with Crippen LogP contribution in [0.2, 0.25) is 0 Å². The first-order chi connectivity index (χ1) is 12.6. The van der Waals surface area contributed by atoms with Crippen molar-refractivity contribution in [2.24, 2.45) is 0 Å². The molecule has 6 nitrogen and oxygen atoms in total. The van der Waals surface area contributed by atoms with Crippen LogP contribution in [0.1, 0.15) is 21.5 Å². The highest BCUT2D eigenvalue weighted by Gasteiger charge is 2.14. The first-order valence-electron chi connectivity index (χ1n) is 7.62. The second-order valence-electron chi connectivity index (χ2n) is 5.37. The maximum absolute atomic E-state index is 12.0. The lowest BCUT2D eigenvalue weighted by Gasteiger charge is -2.09. The second kappa shape index (κ2) is 7.68. The number of rotatable bonds is 5. The van der Waals surface area contributed by atoms with Gasteiger partial charge in [0.2, 0.25) is 5.56 Å². The van der Waals surface area contributed by atoms with Gasteiger partial charge in [-0.25, -0.2) is 4.79 Å². The fraction of sp³-hybridized carbons (Fsp3) is 0.0526. The van der Waals surface area contributed by atoms with Gasteiger partial charge in [0, 0.05) is 23.6 Å².